The van der Waals surface area contributed by atoms with Gasteiger partial charge < -0.3 is 24.8 Å². The Kier molecular flexibility index (Phi) is 7.56. The van der Waals surface area contributed by atoms with E-state index in [0.717, 1.165) is 36.0 Å². The summed E-state index contributed by atoms with van der Waals surface area (Å²) in [7, 11) is 0. The lowest BCUT2D eigenvalue weighted by Gasteiger charge is -2.40. The lowest BCUT2D eigenvalue weighted by atomic mass is 10.0. The van der Waals surface area contributed by atoms with E-state index in [-0.39, 0.29) is 12.1 Å². The number of likely N-dealkylation sites (tertiary alicyclic amines) is 1. The quantitative estimate of drug-likeness (QED) is 0.591. The van der Waals surface area contributed by atoms with Gasteiger partial charge in [-0.3, -0.25) is 4.98 Å². The molecule has 1 fully saturated rings. The minimum atomic E-state index is -1.00. The summed E-state index contributed by atoms with van der Waals surface area (Å²) < 4.78 is 11.4. The summed E-state index contributed by atoms with van der Waals surface area (Å²) in [5.41, 5.74) is 2.57. The molecule has 1 aromatic carbocycles. The van der Waals surface area contributed by atoms with Crippen molar-refractivity contribution in [2.45, 2.75) is 51.7 Å². The summed E-state index contributed by atoms with van der Waals surface area (Å²) in [6, 6.07) is 10.0. The molecule has 0 saturated carbocycles. The molecule has 0 radical (unpaired) electrons. The van der Waals surface area contributed by atoms with E-state index in [4.69, 9.17) is 14.6 Å². The standard InChI is InChI=1S/C24H31N3O5/c1-24(2,3)32-23(30)27-11-9-20(27)16-31-21-13-19(14-25-15-21)18-8-4-6-17(12-18)7-5-10-26-22(28)29/h4,6,8,12-15,20,26H,5,7,9-11,16H2,1-3H3,(H,28,29). The number of carboxylic acid groups (broad SMARTS) is 1. The Balaban J connectivity index is 1.56. The zero-order chi connectivity index (χ0) is 23.1. The third kappa shape index (κ3) is 6.87. The van der Waals surface area contributed by atoms with Gasteiger partial charge in [-0.2, -0.15) is 0 Å². The van der Waals surface area contributed by atoms with Crippen LogP contribution in [0, 0.1) is 0 Å². The number of aromatic nitrogens is 1. The van der Waals surface area contributed by atoms with Crippen LogP contribution in [0.4, 0.5) is 9.59 Å². The van der Waals surface area contributed by atoms with Gasteiger partial charge in [0.15, 0.2) is 0 Å². The molecule has 2 heterocycles. The van der Waals surface area contributed by atoms with Gasteiger partial charge in [-0.25, -0.2) is 9.59 Å². The van der Waals surface area contributed by atoms with Crippen LogP contribution in [0.1, 0.15) is 39.2 Å². The van der Waals surface area contributed by atoms with Crippen molar-refractivity contribution in [3.8, 4) is 16.9 Å². The number of rotatable bonds is 8. The zero-order valence-corrected chi connectivity index (χ0v) is 18.8. The van der Waals surface area contributed by atoms with Gasteiger partial charge in [0.25, 0.3) is 0 Å². The van der Waals surface area contributed by atoms with Crippen molar-refractivity contribution in [3.63, 3.8) is 0 Å². The van der Waals surface area contributed by atoms with Crippen LogP contribution in [0.3, 0.4) is 0 Å². The van der Waals surface area contributed by atoms with Gasteiger partial charge in [-0.05, 0) is 57.2 Å². The molecular formula is C24H31N3O5. The second-order valence-electron chi connectivity index (χ2n) is 8.87. The molecule has 0 spiro atoms. The van der Waals surface area contributed by atoms with Gasteiger partial charge >= 0.3 is 12.2 Å². The highest BCUT2D eigenvalue weighted by Gasteiger charge is 2.35. The molecule has 0 aliphatic carbocycles. The number of carbonyl (C=O) groups is 2. The topological polar surface area (TPSA) is 101 Å². The number of hydrogen-bond acceptors (Lipinski definition) is 5. The molecular weight excluding hydrogens is 410 g/mol. The molecule has 1 unspecified atom stereocenters. The Hall–Kier alpha value is -3.29. The summed E-state index contributed by atoms with van der Waals surface area (Å²) in [4.78, 5) is 28.8. The minimum Gasteiger partial charge on any atom is -0.490 e. The van der Waals surface area contributed by atoms with E-state index >= 15 is 0 Å². The molecule has 2 amide bonds. The van der Waals surface area contributed by atoms with Crippen LogP contribution in [0.5, 0.6) is 5.75 Å². The fraction of sp³-hybridized carbons (Fsp3) is 0.458. The number of aryl methyl sites for hydroxylation is 1. The van der Waals surface area contributed by atoms with Gasteiger partial charge in [0.1, 0.15) is 18.0 Å². The van der Waals surface area contributed by atoms with Gasteiger partial charge in [0.05, 0.1) is 12.2 Å². The van der Waals surface area contributed by atoms with Gasteiger partial charge in [-0.1, -0.05) is 24.3 Å². The highest BCUT2D eigenvalue weighted by molar-refractivity contribution is 5.69. The van der Waals surface area contributed by atoms with Gasteiger partial charge in [0, 0.05) is 24.8 Å². The molecule has 1 aliphatic rings. The number of hydrogen-bond donors (Lipinski definition) is 2. The lowest BCUT2D eigenvalue weighted by Crippen LogP contribution is -2.55. The van der Waals surface area contributed by atoms with Crippen molar-refractivity contribution in [2.24, 2.45) is 0 Å². The maximum Gasteiger partial charge on any atom is 0.410 e. The predicted octanol–water partition coefficient (Wildman–Crippen LogP) is 4.34. The van der Waals surface area contributed by atoms with Crippen molar-refractivity contribution in [2.75, 3.05) is 19.7 Å². The average Bonchev–Trinajstić information content (AvgIpc) is 2.69. The Labute approximate surface area is 188 Å². The van der Waals surface area contributed by atoms with E-state index in [2.05, 4.69) is 16.4 Å². The molecule has 2 aromatic rings. The summed E-state index contributed by atoms with van der Waals surface area (Å²) in [6.07, 6.45) is 4.53. The van der Waals surface area contributed by atoms with E-state index < -0.39 is 11.7 Å². The van der Waals surface area contributed by atoms with E-state index in [1.807, 2.05) is 45.0 Å². The van der Waals surface area contributed by atoms with Crippen LogP contribution in [0.15, 0.2) is 42.7 Å². The SMILES string of the molecule is CC(C)(C)OC(=O)N1CCC1COc1cncc(-c2cccc(CCCNC(=O)O)c2)c1. The van der Waals surface area contributed by atoms with E-state index in [9.17, 15) is 9.59 Å². The fourth-order valence-corrected chi connectivity index (χ4v) is 3.42. The average molecular weight is 442 g/mol. The number of benzene rings is 1. The molecule has 1 atom stereocenters. The fourth-order valence-electron chi connectivity index (χ4n) is 3.42. The summed E-state index contributed by atoms with van der Waals surface area (Å²) in [5.74, 6) is 0.648. The Morgan fingerprint density at radius 2 is 2.03 bits per heavy atom. The van der Waals surface area contributed by atoms with Crippen molar-refractivity contribution in [1.29, 1.82) is 0 Å². The zero-order valence-electron chi connectivity index (χ0n) is 18.8. The highest BCUT2D eigenvalue weighted by Crippen LogP contribution is 2.26. The van der Waals surface area contributed by atoms with Crippen LogP contribution in [0.25, 0.3) is 11.1 Å². The molecule has 3 rings (SSSR count). The summed E-state index contributed by atoms with van der Waals surface area (Å²) in [6.45, 7) is 7.06. The number of pyridine rings is 1. The number of nitrogens with zero attached hydrogens (tertiary/aromatic N) is 2. The monoisotopic (exact) mass is 441 g/mol. The molecule has 1 aromatic heterocycles. The van der Waals surface area contributed by atoms with Crippen LogP contribution in [-0.2, 0) is 11.2 Å². The lowest BCUT2D eigenvalue weighted by molar-refractivity contribution is -0.0141. The summed E-state index contributed by atoms with van der Waals surface area (Å²) >= 11 is 0. The van der Waals surface area contributed by atoms with E-state index in [1.54, 1.807) is 17.3 Å². The molecule has 0 bridgehead atoms. The maximum absolute atomic E-state index is 12.3. The summed E-state index contributed by atoms with van der Waals surface area (Å²) in [5, 5.41) is 11.0. The molecule has 8 heteroatoms. The van der Waals surface area contributed by atoms with Crippen LogP contribution in [0.2, 0.25) is 0 Å². The Bertz CT molecular complexity index is 941. The molecule has 8 nitrogen and oxygen atoms in total. The number of carbonyl (C=O) groups excluding carboxylic acids is 1. The first-order valence-corrected chi connectivity index (χ1v) is 10.8. The van der Waals surface area contributed by atoms with Crippen molar-refractivity contribution in [1.82, 2.24) is 15.2 Å². The highest BCUT2D eigenvalue weighted by atomic mass is 16.6. The van der Waals surface area contributed by atoms with Crippen LogP contribution in [-0.4, -0.2) is 58.5 Å². The number of amides is 2. The largest absolute Gasteiger partial charge is 0.490 e. The Morgan fingerprint density at radius 3 is 2.72 bits per heavy atom. The molecule has 1 saturated heterocycles. The maximum atomic E-state index is 12.3. The molecule has 1 aliphatic heterocycles. The Morgan fingerprint density at radius 1 is 1.22 bits per heavy atom. The first kappa shape index (κ1) is 23.4. The van der Waals surface area contributed by atoms with E-state index in [0.29, 0.717) is 25.4 Å². The van der Waals surface area contributed by atoms with Crippen LogP contribution < -0.4 is 10.1 Å². The molecule has 2 N–H and O–H groups in total. The second kappa shape index (κ2) is 10.3. The van der Waals surface area contributed by atoms with Gasteiger partial charge in [-0.15, -0.1) is 0 Å². The number of nitrogens with one attached hydrogen (secondary N) is 1. The molecule has 172 valence electrons. The smallest absolute Gasteiger partial charge is 0.410 e. The second-order valence-corrected chi connectivity index (χ2v) is 8.87. The third-order valence-electron chi connectivity index (χ3n) is 5.11. The molecule has 32 heavy (non-hydrogen) atoms. The van der Waals surface area contributed by atoms with Crippen molar-refractivity contribution in [3.05, 3.63) is 48.3 Å². The first-order chi connectivity index (χ1) is 15.2. The minimum absolute atomic E-state index is 0.00348. The first-order valence-electron chi connectivity index (χ1n) is 10.8. The predicted molar refractivity (Wildman–Crippen MR) is 121 cm³/mol. The third-order valence-corrected chi connectivity index (χ3v) is 5.11. The van der Waals surface area contributed by atoms with Crippen LogP contribution >= 0.6 is 0 Å². The number of ether oxygens (including phenoxy) is 2. The van der Waals surface area contributed by atoms with Crippen molar-refractivity contribution < 1.29 is 24.2 Å². The normalized spacial score (nSPS) is 15.6. The van der Waals surface area contributed by atoms with Crippen molar-refractivity contribution >= 4 is 12.2 Å². The van der Waals surface area contributed by atoms with Gasteiger partial charge in [0.2, 0.25) is 0 Å². The van der Waals surface area contributed by atoms with E-state index in [1.165, 1.54) is 0 Å².